The maximum absolute atomic E-state index is 13.5. The number of likely N-dealkylation sites (N-methyl/N-ethyl adjacent to an activating group) is 1. The Bertz CT molecular complexity index is 1620. The monoisotopic (exact) mass is 606 g/mol. The minimum absolute atomic E-state index is 0.0472. The number of fused-ring (bicyclic) bond motifs is 3. The van der Waals surface area contributed by atoms with Crippen molar-refractivity contribution in [3.63, 3.8) is 0 Å². The Morgan fingerprint density at radius 3 is 2.81 bits per heavy atom. The number of piperazine rings is 1. The van der Waals surface area contributed by atoms with E-state index in [4.69, 9.17) is 16.3 Å². The predicted octanol–water partition coefficient (Wildman–Crippen LogP) is 5.49. The Balaban J connectivity index is 1.11. The summed E-state index contributed by atoms with van der Waals surface area (Å²) < 4.78 is 19.3. The molecule has 1 N–H and O–H groups in total. The van der Waals surface area contributed by atoms with E-state index in [-0.39, 0.29) is 18.3 Å². The van der Waals surface area contributed by atoms with Crippen LogP contribution in [0.25, 0.3) is 10.2 Å². The lowest BCUT2D eigenvalue weighted by Gasteiger charge is -2.31. The van der Waals surface area contributed by atoms with E-state index in [0.717, 1.165) is 65.5 Å². The maximum Gasteiger partial charge on any atom is 0.246 e. The lowest BCUT2D eigenvalue weighted by atomic mass is 10.0. The van der Waals surface area contributed by atoms with Crippen molar-refractivity contribution in [2.24, 2.45) is 0 Å². The Morgan fingerprint density at radius 1 is 1.14 bits per heavy atom. The van der Waals surface area contributed by atoms with Gasteiger partial charge in [0.2, 0.25) is 5.91 Å². The lowest BCUT2D eigenvalue weighted by Crippen LogP contribution is -2.44. The molecular weight excluding hydrogens is 575 g/mol. The molecule has 2 aliphatic rings. The molecule has 4 aromatic rings. The maximum atomic E-state index is 13.5. The second-order valence-electron chi connectivity index (χ2n) is 10.6. The first-order valence-electron chi connectivity index (χ1n) is 14.0. The number of carbonyl (C=O) groups excluding carboxylic acids is 1. The van der Waals surface area contributed by atoms with E-state index in [0.29, 0.717) is 29.7 Å². The molecule has 4 heterocycles. The number of anilines is 2. The molecule has 6 rings (SSSR count). The Labute approximate surface area is 253 Å². The molecule has 2 aromatic heterocycles. The third-order valence-electron chi connectivity index (χ3n) is 7.65. The van der Waals surface area contributed by atoms with Crippen LogP contribution in [0.5, 0.6) is 5.75 Å². The molecule has 0 radical (unpaired) electrons. The highest BCUT2D eigenvalue weighted by molar-refractivity contribution is 7.19. The van der Waals surface area contributed by atoms with Gasteiger partial charge in [-0.25, -0.2) is 14.4 Å². The molecule has 2 aliphatic heterocycles. The molecule has 42 heavy (non-hydrogen) atoms. The standard InChI is InChI=1S/C31H32ClFN6O2S/c1-37-12-14-38(15-13-37)10-3-6-28(40)39-11-9-24-27(18-39)42-31-29(24)30(34-20-35-31)36-23-7-8-26(25(32)17-23)41-19-21-4-2-5-22(33)16-21/h2-8,16-17,20H,9-15,18-19H2,1H3,(H,34,35,36)/b6-3+. The molecule has 2 aromatic carbocycles. The van der Waals surface area contributed by atoms with E-state index in [1.807, 2.05) is 17.0 Å². The van der Waals surface area contributed by atoms with Gasteiger partial charge in [-0.15, -0.1) is 11.3 Å². The third-order valence-corrected chi connectivity index (χ3v) is 9.07. The number of carbonyl (C=O) groups is 1. The molecule has 1 amide bonds. The molecular formula is C31H32ClFN6O2S. The van der Waals surface area contributed by atoms with Crippen LogP contribution in [0, 0.1) is 5.82 Å². The molecule has 0 bridgehead atoms. The van der Waals surface area contributed by atoms with Gasteiger partial charge >= 0.3 is 0 Å². The van der Waals surface area contributed by atoms with Gasteiger partial charge in [0.05, 0.1) is 17.0 Å². The van der Waals surface area contributed by atoms with Crippen LogP contribution in [0.4, 0.5) is 15.9 Å². The molecule has 1 saturated heterocycles. The topological polar surface area (TPSA) is 73.8 Å². The van der Waals surface area contributed by atoms with E-state index in [1.54, 1.807) is 48.0 Å². The van der Waals surface area contributed by atoms with Crippen LogP contribution in [-0.2, 0) is 24.4 Å². The fourth-order valence-electron chi connectivity index (χ4n) is 5.27. The highest BCUT2D eigenvalue weighted by Gasteiger charge is 2.26. The third kappa shape index (κ3) is 6.57. The van der Waals surface area contributed by atoms with Crippen molar-refractivity contribution in [1.29, 1.82) is 0 Å². The molecule has 11 heteroatoms. The van der Waals surface area contributed by atoms with Crippen LogP contribution in [-0.4, -0.2) is 76.9 Å². The van der Waals surface area contributed by atoms with Crippen molar-refractivity contribution in [3.05, 3.63) is 87.8 Å². The summed E-state index contributed by atoms with van der Waals surface area (Å²) in [5, 5.41) is 4.81. The van der Waals surface area contributed by atoms with Crippen LogP contribution < -0.4 is 10.1 Å². The van der Waals surface area contributed by atoms with Gasteiger partial charge in [-0.1, -0.05) is 29.8 Å². The molecule has 0 unspecified atom stereocenters. The van der Waals surface area contributed by atoms with E-state index < -0.39 is 0 Å². The van der Waals surface area contributed by atoms with Gasteiger partial charge < -0.3 is 19.9 Å². The van der Waals surface area contributed by atoms with Gasteiger partial charge in [0.25, 0.3) is 0 Å². The Kier molecular flexibility index (Phi) is 8.66. The van der Waals surface area contributed by atoms with Crippen LogP contribution in [0.1, 0.15) is 16.0 Å². The smallest absolute Gasteiger partial charge is 0.246 e. The molecule has 8 nitrogen and oxygen atoms in total. The summed E-state index contributed by atoms with van der Waals surface area (Å²) in [6.07, 6.45) is 6.00. The Hall–Kier alpha value is -3.57. The summed E-state index contributed by atoms with van der Waals surface area (Å²) in [6, 6.07) is 11.7. The summed E-state index contributed by atoms with van der Waals surface area (Å²) >= 11 is 8.13. The summed E-state index contributed by atoms with van der Waals surface area (Å²) in [5.74, 6) is 0.954. The predicted molar refractivity (Wildman–Crippen MR) is 165 cm³/mol. The fraction of sp³-hybridized carbons (Fsp3) is 0.323. The van der Waals surface area contributed by atoms with Crippen LogP contribution in [0.15, 0.2) is 60.9 Å². The number of amides is 1. The number of aromatic nitrogens is 2. The van der Waals surface area contributed by atoms with Crippen molar-refractivity contribution in [2.45, 2.75) is 19.6 Å². The van der Waals surface area contributed by atoms with Gasteiger partial charge in [0.15, 0.2) is 0 Å². The van der Waals surface area contributed by atoms with Crippen molar-refractivity contribution in [3.8, 4) is 5.75 Å². The molecule has 0 aliphatic carbocycles. The first-order valence-corrected chi connectivity index (χ1v) is 15.2. The fourth-order valence-corrected chi connectivity index (χ4v) is 6.71. The Morgan fingerprint density at radius 2 is 2.00 bits per heavy atom. The van der Waals surface area contributed by atoms with Gasteiger partial charge in [-0.2, -0.15) is 0 Å². The highest BCUT2D eigenvalue weighted by Crippen LogP contribution is 2.39. The number of thiophene rings is 1. The quantitative estimate of drug-likeness (QED) is 0.266. The molecule has 0 atom stereocenters. The zero-order valence-electron chi connectivity index (χ0n) is 23.4. The normalized spacial score (nSPS) is 16.2. The van der Waals surface area contributed by atoms with Gasteiger partial charge in [-0.3, -0.25) is 9.69 Å². The number of hydrogen-bond acceptors (Lipinski definition) is 8. The average molecular weight is 607 g/mol. The average Bonchev–Trinajstić information content (AvgIpc) is 3.36. The molecule has 0 spiro atoms. The number of benzene rings is 2. The molecule has 1 fully saturated rings. The van der Waals surface area contributed by atoms with Crippen molar-refractivity contribution in [2.75, 3.05) is 51.6 Å². The van der Waals surface area contributed by atoms with Crippen molar-refractivity contribution in [1.82, 2.24) is 24.7 Å². The summed E-state index contributed by atoms with van der Waals surface area (Å²) in [5.41, 5.74) is 2.67. The first kappa shape index (κ1) is 28.5. The van der Waals surface area contributed by atoms with Crippen molar-refractivity contribution >= 4 is 50.6 Å². The van der Waals surface area contributed by atoms with Gasteiger partial charge in [0.1, 0.15) is 35.1 Å². The lowest BCUT2D eigenvalue weighted by molar-refractivity contribution is -0.126. The molecule has 0 saturated carbocycles. The second kappa shape index (κ2) is 12.7. The van der Waals surface area contributed by atoms with Crippen LogP contribution in [0.2, 0.25) is 5.02 Å². The highest BCUT2D eigenvalue weighted by atomic mass is 35.5. The minimum atomic E-state index is -0.304. The van der Waals surface area contributed by atoms with E-state index >= 15 is 0 Å². The van der Waals surface area contributed by atoms with Crippen LogP contribution >= 0.6 is 22.9 Å². The summed E-state index contributed by atoms with van der Waals surface area (Å²) in [6.45, 7) is 6.41. The van der Waals surface area contributed by atoms with Crippen molar-refractivity contribution < 1.29 is 13.9 Å². The van der Waals surface area contributed by atoms with Crippen LogP contribution in [0.3, 0.4) is 0 Å². The zero-order valence-corrected chi connectivity index (χ0v) is 24.9. The summed E-state index contributed by atoms with van der Waals surface area (Å²) in [7, 11) is 2.14. The SMILES string of the molecule is CN1CCN(C/C=C/C(=O)N2CCc3c(sc4ncnc(Nc5ccc(OCc6cccc(F)c6)c(Cl)c5)c34)C2)CC1. The summed E-state index contributed by atoms with van der Waals surface area (Å²) in [4.78, 5) is 30.7. The minimum Gasteiger partial charge on any atom is -0.487 e. The number of rotatable bonds is 8. The van der Waals surface area contributed by atoms with E-state index in [1.165, 1.54) is 17.7 Å². The van der Waals surface area contributed by atoms with Gasteiger partial charge in [0, 0.05) is 55.9 Å². The van der Waals surface area contributed by atoms with E-state index in [2.05, 4.69) is 32.1 Å². The van der Waals surface area contributed by atoms with Gasteiger partial charge in [-0.05, 0) is 54.9 Å². The molecule has 218 valence electrons. The van der Waals surface area contributed by atoms with E-state index in [9.17, 15) is 9.18 Å². The number of nitrogens with one attached hydrogen (secondary N) is 1. The first-order chi connectivity index (χ1) is 20.4. The number of hydrogen-bond donors (Lipinski definition) is 1. The number of nitrogens with zero attached hydrogens (tertiary/aromatic N) is 5. The number of halogens is 2. The number of ether oxygens (including phenoxy) is 1. The zero-order chi connectivity index (χ0) is 29.1. The largest absolute Gasteiger partial charge is 0.487 e. The second-order valence-corrected chi connectivity index (χ2v) is 12.1.